The smallest absolute Gasteiger partial charge is 0.422 e. The predicted molar refractivity (Wildman–Crippen MR) is 112 cm³/mol. The van der Waals surface area contributed by atoms with Crippen LogP contribution in [0.1, 0.15) is 85.6 Å². The Hall–Kier alpha value is -2.51. The predicted octanol–water partition coefficient (Wildman–Crippen LogP) is 6.10. The van der Waals surface area contributed by atoms with Crippen molar-refractivity contribution in [1.29, 1.82) is 0 Å². The van der Waals surface area contributed by atoms with Gasteiger partial charge in [-0.1, -0.05) is 26.7 Å². The third-order valence-electron chi connectivity index (χ3n) is 4.98. The number of hydrogen-bond acceptors (Lipinski definition) is 4. The minimum atomic E-state index is -4.41. The minimum Gasteiger partial charge on any atom is -0.483 e. The molecule has 0 bridgehead atoms. The van der Waals surface area contributed by atoms with Gasteiger partial charge >= 0.3 is 6.18 Å². The summed E-state index contributed by atoms with van der Waals surface area (Å²) in [6, 6.07) is 2.52. The number of carbonyl (C=O) groups excluding carboxylic acids is 1. The van der Waals surface area contributed by atoms with E-state index in [9.17, 15) is 18.0 Å². The quantitative estimate of drug-likeness (QED) is 0.459. The molecule has 1 amide bonds. The first-order valence-corrected chi connectivity index (χ1v) is 10.7. The zero-order chi connectivity index (χ0) is 23.0. The number of aromatic nitrogens is 1. The van der Waals surface area contributed by atoms with Gasteiger partial charge in [0.15, 0.2) is 6.61 Å². The number of ether oxygens (including phenoxy) is 1. The summed E-state index contributed by atoms with van der Waals surface area (Å²) in [5.41, 5.74) is 2.08. The van der Waals surface area contributed by atoms with E-state index in [0.717, 1.165) is 49.8 Å². The highest BCUT2D eigenvalue weighted by Gasteiger charge is 2.28. The molecule has 0 aliphatic rings. The number of rotatable bonds is 11. The Morgan fingerprint density at radius 3 is 2.45 bits per heavy atom. The molecule has 172 valence electrons. The van der Waals surface area contributed by atoms with Gasteiger partial charge in [0.05, 0.1) is 23.5 Å². The van der Waals surface area contributed by atoms with E-state index in [2.05, 4.69) is 28.9 Å². The summed E-state index contributed by atoms with van der Waals surface area (Å²) in [5.74, 6) is 1.27. The Labute approximate surface area is 181 Å². The van der Waals surface area contributed by atoms with Crippen molar-refractivity contribution >= 4 is 5.91 Å². The van der Waals surface area contributed by atoms with Crippen LogP contribution in [0.25, 0.3) is 0 Å². The SMILES string of the molecule is CCCCc1oc(C)c(C(=O)NC(C)c2ccc(OCC(F)(F)F)cn2)c1CCCC. The largest absolute Gasteiger partial charge is 0.483 e. The molecule has 1 unspecified atom stereocenters. The van der Waals surface area contributed by atoms with Gasteiger partial charge in [-0.25, -0.2) is 0 Å². The molecule has 8 heteroatoms. The fraction of sp³-hybridized carbons (Fsp3) is 0.565. The number of alkyl halides is 3. The summed E-state index contributed by atoms with van der Waals surface area (Å²) in [5, 5.41) is 2.93. The molecule has 2 aromatic heterocycles. The van der Waals surface area contributed by atoms with Crippen molar-refractivity contribution in [1.82, 2.24) is 10.3 Å². The van der Waals surface area contributed by atoms with Crippen LogP contribution in [0.15, 0.2) is 22.7 Å². The second-order valence-corrected chi connectivity index (χ2v) is 7.66. The Morgan fingerprint density at radius 2 is 1.87 bits per heavy atom. The molecule has 0 aromatic carbocycles. The average molecular weight is 441 g/mol. The van der Waals surface area contributed by atoms with Gasteiger partial charge in [0.25, 0.3) is 5.91 Å². The molecule has 0 saturated heterocycles. The average Bonchev–Trinajstić information content (AvgIpc) is 3.03. The van der Waals surface area contributed by atoms with Crippen LogP contribution >= 0.6 is 0 Å². The highest BCUT2D eigenvalue weighted by molar-refractivity contribution is 5.97. The molecule has 2 heterocycles. The first-order valence-electron chi connectivity index (χ1n) is 10.7. The lowest BCUT2D eigenvalue weighted by Crippen LogP contribution is -2.28. The second-order valence-electron chi connectivity index (χ2n) is 7.66. The van der Waals surface area contributed by atoms with Crippen molar-refractivity contribution in [2.45, 2.75) is 78.4 Å². The summed E-state index contributed by atoms with van der Waals surface area (Å²) < 4.78 is 47.4. The van der Waals surface area contributed by atoms with E-state index >= 15 is 0 Å². The minimum absolute atomic E-state index is 0.0210. The van der Waals surface area contributed by atoms with E-state index < -0.39 is 18.8 Å². The third-order valence-corrected chi connectivity index (χ3v) is 4.98. The summed E-state index contributed by atoms with van der Waals surface area (Å²) in [6.45, 7) is 6.42. The van der Waals surface area contributed by atoms with E-state index in [1.165, 1.54) is 12.3 Å². The maximum Gasteiger partial charge on any atom is 0.422 e. The van der Waals surface area contributed by atoms with Gasteiger partial charge in [0.2, 0.25) is 0 Å². The molecule has 1 atom stereocenters. The molecule has 0 radical (unpaired) electrons. The maximum absolute atomic E-state index is 13.1. The number of amides is 1. The molecule has 5 nitrogen and oxygen atoms in total. The third kappa shape index (κ3) is 7.29. The number of unbranched alkanes of at least 4 members (excludes halogenated alkanes) is 2. The number of nitrogens with zero attached hydrogens (tertiary/aromatic N) is 1. The Balaban J connectivity index is 2.12. The fourth-order valence-electron chi connectivity index (χ4n) is 3.34. The zero-order valence-electron chi connectivity index (χ0n) is 18.6. The molecule has 0 spiro atoms. The van der Waals surface area contributed by atoms with Gasteiger partial charge in [-0.05, 0) is 45.2 Å². The van der Waals surface area contributed by atoms with Crippen molar-refractivity contribution < 1.29 is 27.1 Å². The van der Waals surface area contributed by atoms with Crippen LogP contribution in [0.2, 0.25) is 0 Å². The molecule has 31 heavy (non-hydrogen) atoms. The Morgan fingerprint density at radius 1 is 1.19 bits per heavy atom. The van der Waals surface area contributed by atoms with E-state index in [-0.39, 0.29) is 11.7 Å². The fourth-order valence-corrected chi connectivity index (χ4v) is 3.34. The molecule has 2 aromatic rings. The van der Waals surface area contributed by atoms with Gasteiger partial charge in [0, 0.05) is 12.0 Å². The van der Waals surface area contributed by atoms with E-state index in [1.807, 2.05) is 0 Å². The number of aryl methyl sites for hydroxylation is 2. The van der Waals surface area contributed by atoms with E-state index in [0.29, 0.717) is 17.0 Å². The normalized spacial score (nSPS) is 12.6. The molecule has 1 N–H and O–H groups in total. The van der Waals surface area contributed by atoms with Crippen LogP contribution in [0.4, 0.5) is 13.2 Å². The molecular formula is C23H31F3N2O3. The lowest BCUT2D eigenvalue weighted by Gasteiger charge is -2.15. The standard InChI is InChI=1S/C23H31F3N2O3/c1-5-7-9-18-20(10-8-6-2)31-16(4)21(18)22(29)28-15(3)19-12-11-17(13-27-19)30-14-23(24,25)26/h11-13,15H,5-10,14H2,1-4H3,(H,28,29). The van der Waals surface area contributed by atoms with Crippen molar-refractivity contribution in [3.05, 3.63) is 46.7 Å². The van der Waals surface area contributed by atoms with Crippen molar-refractivity contribution in [3.8, 4) is 5.75 Å². The molecule has 2 rings (SSSR count). The number of pyridine rings is 1. The second kappa shape index (κ2) is 11.2. The van der Waals surface area contributed by atoms with Crippen LogP contribution in [0.5, 0.6) is 5.75 Å². The molecule has 0 aliphatic carbocycles. The van der Waals surface area contributed by atoms with Crippen molar-refractivity contribution in [3.63, 3.8) is 0 Å². The summed E-state index contributed by atoms with van der Waals surface area (Å²) in [6.07, 6.45) is 2.43. The lowest BCUT2D eigenvalue weighted by atomic mass is 9.99. The maximum atomic E-state index is 13.1. The van der Waals surface area contributed by atoms with Gasteiger partial charge in [-0.3, -0.25) is 9.78 Å². The number of nitrogens with one attached hydrogen (secondary N) is 1. The van der Waals surface area contributed by atoms with Crippen LogP contribution < -0.4 is 10.1 Å². The van der Waals surface area contributed by atoms with Crippen LogP contribution in [0, 0.1) is 6.92 Å². The Bertz CT molecular complexity index is 845. The number of hydrogen-bond donors (Lipinski definition) is 1. The van der Waals surface area contributed by atoms with Gasteiger partial charge in [0.1, 0.15) is 17.3 Å². The monoisotopic (exact) mass is 440 g/mol. The molecule has 0 saturated carbocycles. The van der Waals surface area contributed by atoms with Crippen LogP contribution in [-0.4, -0.2) is 23.7 Å². The zero-order valence-corrected chi connectivity index (χ0v) is 18.6. The van der Waals surface area contributed by atoms with E-state index in [4.69, 9.17) is 4.42 Å². The Kier molecular flexibility index (Phi) is 8.95. The molecule has 0 aliphatic heterocycles. The molecule has 0 fully saturated rings. The molecular weight excluding hydrogens is 409 g/mol. The highest BCUT2D eigenvalue weighted by Crippen LogP contribution is 2.27. The number of furan rings is 1. The van der Waals surface area contributed by atoms with E-state index in [1.54, 1.807) is 19.9 Å². The summed E-state index contributed by atoms with van der Waals surface area (Å²) in [7, 11) is 0. The summed E-state index contributed by atoms with van der Waals surface area (Å²) in [4.78, 5) is 17.2. The van der Waals surface area contributed by atoms with Crippen LogP contribution in [-0.2, 0) is 12.8 Å². The van der Waals surface area contributed by atoms with Crippen LogP contribution in [0.3, 0.4) is 0 Å². The highest BCUT2D eigenvalue weighted by atomic mass is 19.4. The van der Waals surface area contributed by atoms with Gasteiger partial charge < -0.3 is 14.5 Å². The first kappa shape index (κ1) is 24.8. The topological polar surface area (TPSA) is 64.4 Å². The van der Waals surface area contributed by atoms with Crippen molar-refractivity contribution in [2.24, 2.45) is 0 Å². The number of halogens is 3. The first-order chi connectivity index (χ1) is 14.7. The van der Waals surface area contributed by atoms with Crippen molar-refractivity contribution in [2.75, 3.05) is 6.61 Å². The van der Waals surface area contributed by atoms with Gasteiger partial charge in [-0.15, -0.1) is 0 Å². The lowest BCUT2D eigenvalue weighted by molar-refractivity contribution is -0.153. The number of carbonyl (C=O) groups is 1. The summed E-state index contributed by atoms with van der Waals surface area (Å²) >= 11 is 0. The van der Waals surface area contributed by atoms with Gasteiger partial charge in [-0.2, -0.15) is 13.2 Å².